The van der Waals surface area contributed by atoms with Crippen molar-refractivity contribution in [1.29, 1.82) is 0 Å². The zero-order chi connectivity index (χ0) is 31.2. The minimum Gasteiger partial charge on any atom is -0.493 e. The van der Waals surface area contributed by atoms with Crippen LogP contribution in [0.25, 0.3) is 0 Å². The van der Waals surface area contributed by atoms with Crippen molar-refractivity contribution < 1.29 is 23.8 Å². The van der Waals surface area contributed by atoms with Crippen LogP contribution in [0.1, 0.15) is 74.3 Å². The molecule has 0 unspecified atom stereocenters. The number of amides is 1. The Balaban J connectivity index is 1.49. The van der Waals surface area contributed by atoms with Crippen molar-refractivity contribution in [3.63, 3.8) is 0 Å². The van der Waals surface area contributed by atoms with Gasteiger partial charge in [-0.25, -0.2) is 14.4 Å². The predicted molar refractivity (Wildman–Crippen MR) is 167 cm³/mol. The van der Waals surface area contributed by atoms with Crippen molar-refractivity contribution in [2.45, 2.75) is 83.7 Å². The number of carboxylic acid groups (broad SMARTS) is 1. The molecular weight excluding hydrogens is 559 g/mol. The molecule has 44 heavy (non-hydrogen) atoms. The molecule has 3 heterocycles. The van der Waals surface area contributed by atoms with Crippen LogP contribution >= 0.6 is 0 Å². The van der Waals surface area contributed by atoms with Crippen LogP contribution in [0.3, 0.4) is 0 Å². The second-order valence-corrected chi connectivity index (χ2v) is 12.1. The second-order valence-electron chi connectivity index (χ2n) is 12.1. The summed E-state index contributed by atoms with van der Waals surface area (Å²) < 4.78 is 20.0. The number of carbonyl (C=O) groups excluding carboxylic acids is 1. The normalized spacial score (nSPS) is 19.6. The Morgan fingerprint density at radius 2 is 1.93 bits per heavy atom. The minimum absolute atomic E-state index is 0.0350. The molecule has 0 spiro atoms. The number of halogens is 1. The number of aliphatic carboxylic acids is 1. The van der Waals surface area contributed by atoms with E-state index in [9.17, 15) is 19.1 Å². The van der Waals surface area contributed by atoms with Gasteiger partial charge in [0, 0.05) is 48.5 Å². The number of carboxylic acids is 1. The summed E-state index contributed by atoms with van der Waals surface area (Å²) in [6.45, 7) is 7.07. The van der Waals surface area contributed by atoms with Gasteiger partial charge in [0.2, 0.25) is 5.91 Å². The lowest BCUT2D eigenvalue weighted by molar-refractivity contribution is -0.143. The molecule has 9 heteroatoms. The molecule has 0 radical (unpaired) electrons. The zero-order valence-corrected chi connectivity index (χ0v) is 25.9. The Morgan fingerprint density at radius 3 is 2.61 bits per heavy atom. The highest BCUT2D eigenvalue weighted by Gasteiger charge is 2.47. The molecule has 3 aromatic rings. The molecule has 3 atom stereocenters. The van der Waals surface area contributed by atoms with E-state index in [0.717, 1.165) is 54.7 Å². The highest BCUT2D eigenvalue weighted by Crippen LogP contribution is 2.41. The number of nitrogens with zero attached hydrogens (tertiary/aromatic N) is 4. The molecule has 234 valence electrons. The Labute approximate surface area is 259 Å². The molecule has 0 aliphatic carbocycles. The van der Waals surface area contributed by atoms with Crippen LogP contribution in [0, 0.1) is 18.7 Å². The molecule has 1 amide bonds. The summed E-state index contributed by atoms with van der Waals surface area (Å²) in [7, 11) is 0. The molecule has 1 aromatic heterocycles. The summed E-state index contributed by atoms with van der Waals surface area (Å²) in [5.74, 6) is -1.40. The smallest absolute Gasteiger partial charge is 0.308 e. The lowest BCUT2D eigenvalue weighted by Crippen LogP contribution is -2.48. The lowest BCUT2D eigenvalue weighted by Gasteiger charge is -2.35. The van der Waals surface area contributed by atoms with E-state index in [-0.39, 0.29) is 36.3 Å². The van der Waals surface area contributed by atoms with Gasteiger partial charge in [0.15, 0.2) is 0 Å². The number of hydrogen-bond acceptors (Lipinski definition) is 6. The monoisotopic (exact) mass is 602 g/mol. The van der Waals surface area contributed by atoms with E-state index in [4.69, 9.17) is 4.74 Å². The van der Waals surface area contributed by atoms with E-state index in [1.165, 1.54) is 12.4 Å². The van der Waals surface area contributed by atoms with Crippen molar-refractivity contribution in [3.8, 4) is 5.75 Å². The third-order valence-electron chi connectivity index (χ3n) is 9.15. The molecule has 1 saturated heterocycles. The Hall–Kier alpha value is -3.85. The molecule has 8 nitrogen and oxygen atoms in total. The highest BCUT2D eigenvalue weighted by atomic mass is 19.1. The summed E-state index contributed by atoms with van der Waals surface area (Å²) in [5.41, 5.74) is 4.07. The number of rotatable bonds is 13. The SMILES string of the molecule is CCCC(CCC)N(C(=O)CN1C[C@H](c2ccc3c(c2)CCO3)[C@@H](C(=O)O)[C@@H]1CCc1ccncn1)c1ccc(F)c(C)c1. The third kappa shape index (κ3) is 6.93. The second kappa shape index (κ2) is 14.3. The molecule has 5 rings (SSSR count). The van der Waals surface area contributed by atoms with Crippen LogP contribution in [0.5, 0.6) is 5.75 Å². The van der Waals surface area contributed by atoms with Crippen molar-refractivity contribution in [2.24, 2.45) is 5.92 Å². The van der Waals surface area contributed by atoms with Gasteiger partial charge >= 0.3 is 5.97 Å². The van der Waals surface area contributed by atoms with Gasteiger partial charge in [-0.3, -0.25) is 14.5 Å². The Kier molecular flexibility index (Phi) is 10.3. The number of anilines is 1. The molecule has 2 aromatic carbocycles. The van der Waals surface area contributed by atoms with Gasteiger partial charge < -0.3 is 14.7 Å². The molecule has 1 N–H and O–H groups in total. The number of likely N-dealkylation sites (tertiary alicyclic amines) is 1. The van der Waals surface area contributed by atoms with Crippen molar-refractivity contribution in [2.75, 3.05) is 24.6 Å². The van der Waals surface area contributed by atoms with E-state index in [1.54, 1.807) is 25.3 Å². The molecule has 2 aliphatic rings. The zero-order valence-electron chi connectivity index (χ0n) is 25.9. The van der Waals surface area contributed by atoms with E-state index >= 15 is 0 Å². The third-order valence-corrected chi connectivity index (χ3v) is 9.15. The fourth-order valence-electron chi connectivity index (χ4n) is 7.05. The topological polar surface area (TPSA) is 95.9 Å². The quantitative estimate of drug-likeness (QED) is 0.258. The van der Waals surface area contributed by atoms with E-state index in [0.29, 0.717) is 37.2 Å². The molecule has 0 saturated carbocycles. The van der Waals surface area contributed by atoms with Crippen LogP contribution in [-0.4, -0.2) is 63.6 Å². The fraction of sp³-hybridized carbons (Fsp3) is 0.486. The molecule has 0 bridgehead atoms. The first-order valence-electron chi connectivity index (χ1n) is 15.9. The fourth-order valence-corrected chi connectivity index (χ4v) is 7.05. The summed E-state index contributed by atoms with van der Waals surface area (Å²) >= 11 is 0. The van der Waals surface area contributed by atoms with Crippen LogP contribution < -0.4 is 9.64 Å². The first kappa shape index (κ1) is 31.6. The maximum absolute atomic E-state index is 14.4. The number of carbonyl (C=O) groups is 2. The molecule has 2 aliphatic heterocycles. The minimum atomic E-state index is -0.866. The summed E-state index contributed by atoms with van der Waals surface area (Å²) in [6, 6.07) is 12.3. The van der Waals surface area contributed by atoms with Crippen LogP contribution in [0.2, 0.25) is 0 Å². The Bertz CT molecular complexity index is 1450. The van der Waals surface area contributed by atoms with Crippen molar-refractivity contribution in [3.05, 3.63) is 83.2 Å². The molecule has 1 fully saturated rings. The summed E-state index contributed by atoms with van der Waals surface area (Å²) in [4.78, 5) is 39.6. The van der Waals surface area contributed by atoms with Gasteiger partial charge in [-0.15, -0.1) is 0 Å². The molecular formula is C35H43FN4O4. The van der Waals surface area contributed by atoms with Crippen LogP contribution in [-0.2, 0) is 22.4 Å². The maximum atomic E-state index is 14.4. The Morgan fingerprint density at radius 1 is 1.14 bits per heavy atom. The van der Waals surface area contributed by atoms with Gasteiger partial charge in [-0.05, 0) is 79.6 Å². The van der Waals surface area contributed by atoms with Gasteiger partial charge in [0.1, 0.15) is 17.9 Å². The summed E-state index contributed by atoms with van der Waals surface area (Å²) in [6.07, 6.45) is 8.56. The van der Waals surface area contributed by atoms with Gasteiger partial charge in [0.05, 0.1) is 19.1 Å². The highest BCUT2D eigenvalue weighted by molar-refractivity contribution is 5.95. The van der Waals surface area contributed by atoms with E-state index < -0.39 is 11.9 Å². The number of aromatic nitrogens is 2. The van der Waals surface area contributed by atoms with E-state index in [1.807, 2.05) is 23.1 Å². The van der Waals surface area contributed by atoms with Gasteiger partial charge in [0.25, 0.3) is 0 Å². The number of ether oxygens (including phenoxy) is 1. The predicted octanol–water partition coefficient (Wildman–Crippen LogP) is 5.96. The number of hydrogen-bond donors (Lipinski definition) is 1. The van der Waals surface area contributed by atoms with Crippen molar-refractivity contribution >= 4 is 17.6 Å². The van der Waals surface area contributed by atoms with E-state index in [2.05, 4.69) is 34.8 Å². The largest absolute Gasteiger partial charge is 0.493 e. The lowest BCUT2D eigenvalue weighted by atomic mass is 9.83. The number of benzene rings is 2. The average molecular weight is 603 g/mol. The standard InChI is InChI=1S/C35H43FN4O4/c1-4-6-27(7-5-2)40(28-10-11-30(36)23(3)18-28)33(41)21-39-20-29(24-8-13-32-25(19-24)15-17-44-32)34(35(42)43)31(39)12-9-26-14-16-37-22-38-26/h8,10-11,13-14,16,18-19,22,27,29,31,34H,4-7,9,12,15,17,20-21H2,1-3H3,(H,42,43)/t29-,31+,34-/m1/s1. The summed E-state index contributed by atoms with van der Waals surface area (Å²) in [5, 5.41) is 10.6. The van der Waals surface area contributed by atoms with Crippen LogP contribution in [0.15, 0.2) is 55.0 Å². The maximum Gasteiger partial charge on any atom is 0.308 e. The van der Waals surface area contributed by atoms with Gasteiger partial charge in [-0.1, -0.05) is 38.8 Å². The number of fused-ring (bicyclic) bond motifs is 1. The van der Waals surface area contributed by atoms with Crippen molar-refractivity contribution in [1.82, 2.24) is 14.9 Å². The average Bonchev–Trinajstić information content (AvgIpc) is 3.63. The first-order chi connectivity index (χ1) is 21.3. The number of aryl methyl sites for hydroxylation is 2. The van der Waals surface area contributed by atoms with Crippen LogP contribution in [0.4, 0.5) is 10.1 Å². The first-order valence-corrected chi connectivity index (χ1v) is 15.9. The van der Waals surface area contributed by atoms with Gasteiger partial charge in [-0.2, -0.15) is 0 Å².